The molecule has 6 aliphatic carbocycles. The first-order chi connectivity index (χ1) is 29.0. The molecule has 12 nitrogen and oxygen atoms in total. The lowest BCUT2D eigenvalue weighted by Gasteiger charge is -2.55. The van der Waals surface area contributed by atoms with Gasteiger partial charge in [-0.3, -0.25) is 14.4 Å². The Balaban J connectivity index is 0.000000278. The number of hydrogen-bond acceptors (Lipinski definition) is 12. The van der Waals surface area contributed by atoms with Gasteiger partial charge in [0.25, 0.3) is 0 Å². The monoisotopic (exact) mass is 920 g/mol. The van der Waals surface area contributed by atoms with Crippen LogP contribution in [0.3, 0.4) is 0 Å². The summed E-state index contributed by atoms with van der Waals surface area (Å²) in [5.41, 5.74) is -2.63. The van der Waals surface area contributed by atoms with Crippen LogP contribution in [0.4, 0.5) is 35.1 Å². The molecule has 6 bridgehead atoms. The number of halogens is 8. The third kappa shape index (κ3) is 13.4. The average Bonchev–Trinajstić information content (AvgIpc) is 3.80. The van der Waals surface area contributed by atoms with Gasteiger partial charge in [0.1, 0.15) is 39.0 Å². The summed E-state index contributed by atoms with van der Waals surface area (Å²) in [5.74, 6) is -21.4. The first-order valence-corrected chi connectivity index (χ1v) is 21.6. The minimum atomic E-state index is -4.61. The van der Waals surface area contributed by atoms with Gasteiger partial charge < -0.3 is 28.4 Å². The highest BCUT2D eigenvalue weighted by Crippen LogP contribution is 2.61. The molecule has 0 aromatic rings. The van der Waals surface area contributed by atoms with Gasteiger partial charge in [0, 0.05) is 0 Å². The van der Waals surface area contributed by atoms with Crippen LogP contribution < -0.4 is 0 Å². The largest absolute Gasteiger partial charge is 0.462 e. The SMILES string of the molecule is CCC(C)(C)C(=O)OCCOC(=O)C(F)(F)CC(F)(F)C(=O)OC1CC2CCC1C2.CCC(C)(C)C(=O)OCCOC(=O)C(F)(F)CC(F)(F)OC(=O)C12CC3CC(CC(C3)C1)C2. The molecular weight excluding hydrogens is 860 g/mol. The second-order valence-electron chi connectivity index (χ2n) is 19.3. The van der Waals surface area contributed by atoms with Crippen LogP contribution in [0.2, 0.25) is 0 Å². The van der Waals surface area contributed by atoms with Crippen molar-refractivity contribution >= 4 is 35.8 Å². The lowest BCUT2D eigenvalue weighted by molar-refractivity contribution is -0.271. The zero-order valence-corrected chi connectivity index (χ0v) is 36.6. The number of rotatable bonds is 20. The maximum absolute atomic E-state index is 14.3. The number of carbonyl (C=O) groups is 6. The van der Waals surface area contributed by atoms with Crippen molar-refractivity contribution in [3.8, 4) is 0 Å². The summed E-state index contributed by atoms with van der Waals surface area (Å²) < 4.78 is 140. The van der Waals surface area contributed by atoms with Crippen LogP contribution in [-0.2, 0) is 57.2 Å². The Labute approximate surface area is 361 Å². The van der Waals surface area contributed by atoms with Crippen molar-refractivity contribution in [3.63, 3.8) is 0 Å². The first-order valence-electron chi connectivity index (χ1n) is 21.6. The standard InChI is InChI=1S/C23H32F4O6.C20H28F4O6/c1-4-20(2,3)17(28)31-5-6-32-19(30)22(24,25)13-23(26,27)33-18(29)21-10-14-7-15(11-21)9-16(8-14)12-21;1-4-18(2,3)15(25)28-7-8-29-16(26)19(21,22)11-20(23,24)17(27)30-14-10-12-5-6-13(14)9-12/h14-16H,4-13H2,1-3H3;12-14H,4-11H2,1-3H3. The molecule has 0 aliphatic heterocycles. The van der Waals surface area contributed by atoms with Gasteiger partial charge in [0.05, 0.1) is 22.7 Å². The summed E-state index contributed by atoms with van der Waals surface area (Å²) in [4.78, 5) is 71.1. The van der Waals surface area contributed by atoms with Gasteiger partial charge in [-0.25, -0.2) is 14.4 Å². The van der Waals surface area contributed by atoms with Crippen molar-refractivity contribution in [1.29, 1.82) is 0 Å². The third-order valence-corrected chi connectivity index (χ3v) is 13.4. The van der Waals surface area contributed by atoms with E-state index in [2.05, 4.69) is 14.2 Å². The Kier molecular flexibility index (Phi) is 16.3. The molecule has 6 saturated carbocycles. The van der Waals surface area contributed by atoms with Crippen LogP contribution in [0.1, 0.15) is 131 Å². The highest BCUT2D eigenvalue weighted by Gasteiger charge is 2.60. The van der Waals surface area contributed by atoms with Gasteiger partial charge in [-0.05, 0) is 134 Å². The Morgan fingerprint density at radius 1 is 0.508 bits per heavy atom. The van der Waals surface area contributed by atoms with Gasteiger partial charge in [-0.2, -0.15) is 35.1 Å². The van der Waals surface area contributed by atoms with E-state index in [1.54, 1.807) is 41.5 Å². The zero-order chi connectivity index (χ0) is 47.4. The number of ether oxygens (including phenoxy) is 6. The predicted molar refractivity (Wildman–Crippen MR) is 203 cm³/mol. The van der Waals surface area contributed by atoms with Crippen LogP contribution in [0.5, 0.6) is 0 Å². The topological polar surface area (TPSA) is 158 Å². The van der Waals surface area contributed by atoms with E-state index in [0.717, 1.165) is 38.5 Å². The number of hydrogen-bond donors (Lipinski definition) is 0. The molecule has 0 saturated heterocycles. The highest BCUT2D eigenvalue weighted by molar-refractivity contribution is 5.82. The molecule has 0 aromatic carbocycles. The van der Waals surface area contributed by atoms with Gasteiger partial charge in [0.15, 0.2) is 0 Å². The van der Waals surface area contributed by atoms with E-state index < -0.39 is 121 Å². The maximum atomic E-state index is 14.3. The van der Waals surface area contributed by atoms with Crippen molar-refractivity contribution in [2.45, 2.75) is 161 Å². The molecule has 0 spiro atoms. The van der Waals surface area contributed by atoms with E-state index in [1.165, 1.54) is 0 Å². The average molecular weight is 921 g/mol. The van der Waals surface area contributed by atoms with Crippen molar-refractivity contribution in [3.05, 3.63) is 0 Å². The number of esters is 6. The molecule has 6 aliphatic rings. The smallest absolute Gasteiger partial charge is 0.406 e. The molecule has 0 radical (unpaired) electrons. The van der Waals surface area contributed by atoms with Crippen LogP contribution in [0.25, 0.3) is 0 Å². The lowest BCUT2D eigenvalue weighted by Crippen LogP contribution is -2.52. The molecule has 0 aromatic heterocycles. The molecular formula is C43H60F8O12. The number of alkyl halides is 8. The van der Waals surface area contributed by atoms with Crippen LogP contribution in [0.15, 0.2) is 0 Å². The fraction of sp³-hybridized carbons (Fsp3) is 0.860. The third-order valence-electron chi connectivity index (χ3n) is 13.4. The molecule has 63 heavy (non-hydrogen) atoms. The maximum Gasteiger partial charge on any atom is 0.406 e. The minimum absolute atomic E-state index is 0.0133. The predicted octanol–water partition coefficient (Wildman–Crippen LogP) is 8.79. The van der Waals surface area contributed by atoms with Gasteiger partial charge in [0.2, 0.25) is 0 Å². The van der Waals surface area contributed by atoms with E-state index in [0.29, 0.717) is 44.4 Å². The summed E-state index contributed by atoms with van der Waals surface area (Å²) in [5, 5.41) is 0. The van der Waals surface area contributed by atoms with Crippen LogP contribution in [0, 0.1) is 45.8 Å². The molecule has 20 heteroatoms. The minimum Gasteiger partial charge on any atom is -0.462 e. The lowest BCUT2D eigenvalue weighted by atomic mass is 9.49. The molecule has 0 heterocycles. The first kappa shape index (κ1) is 51.9. The molecule has 0 amide bonds. The van der Waals surface area contributed by atoms with E-state index in [4.69, 9.17) is 14.2 Å². The van der Waals surface area contributed by atoms with Crippen molar-refractivity contribution in [1.82, 2.24) is 0 Å². The van der Waals surface area contributed by atoms with Gasteiger partial charge in [-0.15, -0.1) is 0 Å². The number of fused-ring (bicyclic) bond motifs is 2. The highest BCUT2D eigenvalue weighted by atomic mass is 19.3. The van der Waals surface area contributed by atoms with E-state index >= 15 is 0 Å². The molecule has 6 fully saturated rings. The number of carbonyl (C=O) groups excluding carboxylic acids is 6. The Morgan fingerprint density at radius 2 is 0.905 bits per heavy atom. The van der Waals surface area contributed by atoms with E-state index in [1.807, 2.05) is 0 Å². The van der Waals surface area contributed by atoms with E-state index in [9.17, 15) is 63.9 Å². The Hall–Kier alpha value is -3.74. The zero-order valence-electron chi connectivity index (χ0n) is 36.6. The molecule has 3 atom stereocenters. The Bertz CT molecular complexity index is 1650. The fourth-order valence-corrected chi connectivity index (χ4v) is 9.38. The van der Waals surface area contributed by atoms with Crippen molar-refractivity contribution in [2.24, 2.45) is 45.8 Å². The molecule has 3 unspecified atom stereocenters. The van der Waals surface area contributed by atoms with Crippen LogP contribution in [-0.4, -0.2) is 92.2 Å². The fourth-order valence-electron chi connectivity index (χ4n) is 9.38. The summed E-state index contributed by atoms with van der Waals surface area (Å²) in [6.45, 7) is 7.60. The summed E-state index contributed by atoms with van der Waals surface area (Å²) in [6.07, 6.45) is -1.73. The second kappa shape index (κ2) is 19.8. The van der Waals surface area contributed by atoms with E-state index in [-0.39, 0.29) is 23.7 Å². The van der Waals surface area contributed by atoms with Crippen LogP contribution >= 0.6 is 0 Å². The van der Waals surface area contributed by atoms with Gasteiger partial charge >= 0.3 is 59.7 Å². The van der Waals surface area contributed by atoms with Crippen molar-refractivity contribution < 1.29 is 92.3 Å². The summed E-state index contributed by atoms with van der Waals surface area (Å²) in [7, 11) is 0. The Morgan fingerprint density at radius 3 is 1.29 bits per heavy atom. The molecule has 0 N–H and O–H groups in total. The summed E-state index contributed by atoms with van der Waals surface area (Å²) >= 11 is 0. The second-order valence-corrected chi connectivity index (χ2v) is 19.3. The quantitative estimate of drug-likeness (QED) is 0.0496. The molecule has 360 valence electrons. The van der Waals surface area contributed by atoms with Crippen molar-refractivity contribution in [2.75, 3.05) is 26.4 Å². The summed E-state index contributed by atoms with van der Waals surface area (Å²) in [6, 6.07) is 0. The normalized spacial score (nSPS) is 26.6. The van der Waals surface area contributed by atoms with Gasteiger partial charge in [-0.1, -0.05) is 13.8 Å². The molecule has 6 rings (SSSR count).